The highest BCUT2D eigenvalue weighted by Crippen LogP contribution is 2.19. The molecule has 5 heteroatoms. The van der Waals surface area contributed by atoms with Gasteiger partial charge in [0.25, 0.3) is 0 Å². The summed E-state index contributed by atoms with van der Waals surface area (Å²) in [5.74, 6) is 0.285. The first-order valence-corrected chi connectivity index (χ1v) is 10.9. The molecule has 0 aliphatic rings. The first-order chi connectivity index (χ1) is 14.2. The lowest BCUT2D eigenvalue weighted by molar-refractivity contribution is -0.147. The van der Waals surface area contributed by atoms with Crippen molar-refractivity contribution in [2.24, 2.45) is 23.7 Å². The molecule has 5 nitrogen and oxygen atoms in total. The molecule has 0 saturated heterocycles. The SMILES string of the molecule is CCOC(=O)[C@H](Cc1cc2ccccc2[nH]1)NC(=O)C(C)C(C)/C=C\C(C)C(C)C. The third-order valence-electron chi connectivity index (χ3n) is 5.87. The standard InChI is InChI=1S/C25H36N2O3/c1-7-30-25(29)23(15-21-14-20-10-8-9-11-22(20)26-21)27-24(28)19(6)18(5)13-12-17(4)16(2)3/h8-14,16-19,23,26H,7,15H2,1-6H3,(H,27,28)/b13-12-/t17?,18?,19?,23-/m0/s1. The predicted octanol–water partition coefficient (Wildman–Crippen LogP) is 4.88. The summed E-state index contributed by atoms with van der Waals surface area (Å²) in [6.45, 7) is 12.5. The van der Waals surface area contributed by atoms with E-state index in [1.807, 2.05) is 44.2 Å². The molecular weight excluding hydrogens is 376 g/mol. The summed E-state index contributed by atoms with van der Waals surface area (Å²) in [7, 11) is 0. The zero-order valence-corrected chi connectivity index (χ0v) is 19.1. The number of H-pyrrole nitrogens is 1. The molecule has 2 rings (SSSR count). The van der Waals surface area contributed by atoms with Gasteiger partial charge in [-0.2, -0.15) is 0 Å². The highest BCUT2D eigenvalue weighted by molar-refractivity contribution is 5.86. The third-order valence-corrected chi connectivity index (χ3v) is 5.87. The van der Waals surface area contributed by atoms with E-state index in [2.05, 4.69) is 43.2 Å². The molecule has 0 aliphatic heterocycles. The number of hydrogen-bond donors (Lipinski definition) is 2. The topological polar surface area (TPSA) is 71.2 Å². The monoisotopic (exact) mass is 412 g/mol. The quantitative estimate of drug-likeness (QED) is 0.432. The summed E-state index contributed by atoms with van der Waals surface area (Å²) in [4.78, 5) is 28.7. The summed E-state index contributed by atoms with van der Waals surface area (Å²) < 4.78 is 5.22. The Balaban J connectivity index is 2.09. The summed E-state index contributed by atoms with van der Waals surface area (Å²) in [5, 5.41) is 3.99. The van der Waals surface area contributed by atoms with E-state index >= 15 is 0 Å². The van der Waals surface area contributed by atoms with Gasteiger partial charge in [0, 0.05) is 23.5 Å². The number of allylic oxidation sites excluding steroid dienone is 2. The lowest BCUT2D eigenvalue weighted by Gasteiger charge is -2.22. The minimum atomic E-state index is -0.723. The van der Waals surface area contributed by atoms with Crippen molar-refractivity contribution in [3.05, 3.63) is 48.2 Å². The van der Waals surface area contributed by atoms with Crippen LogP contribution in [0.1, 0.15) is 47.2 Å². The average Bonchev–Trinajstić information content (AvgIpc) is 3.12. The molecule has 4 atom stereocenters. The van der Waals surface area contributed by atoms with Gasteiger partial charge in [0.05, 0.1) is 6.61 Å². The second kappa shape index (κ2) is 11.0. The molecule has 0 fully saturated rings. The maximum Gasteiger partial charge on any atom is 0.329 e. The second-order valence-corrected chi connectivity index (χ2v) is 8.53. The first kappa shape index (κ1) is 23.7. The van der Waals surface area contributed by atoms with Gasteiger partial charge in [-0.05, 0) is 42.2 Å². The summed E-state index contributed by atoms with van der Waals surface area (Å²) in [6, 6.07) is 9.23. The van der Waals surface area contributed by atoms with Crippen LogP contribution in [-0.2, 0) is 20.7 Å². The molecule has 1 aromatic carbocycles. The van der Waals surface area contributed by atoms with Crippen LogP contribution in [0.5, 0.6) is 0 Å². The van der Waals surface area contributed by atoms with Gasteiger partial charge in [-0.15, -0.1) is 0 Å². The molecule has 3 unspecified atom stereocenters. The molecule has 0 bridgehead atoms. The summed E-state index contributed by atoms with van der Waals surface area (Å²) in [5.41, 5.74) is 1.90. The lowest BCUT2D eigenvalue weighted by atomic mass is 9.90. The van der Waals surface area contributed by atoms with E-state index in [0.717, 1.165) is 16.6 Å². The highest BCUT2D eigenvalue weighted by Gasteiger charge is 2.27. The Bertz CT molecular complexity index is 835. The number of carbonyl (C=O) groups is 2. The number of carbonyl (C=O) groups excluding carboxylic acids is 2. The minimum absolute atomic E-state index is 0.0714. The van der Waals surface area contributed by atoms with Crippen molar-refractivity contribution in [2.45, 2.75) is 54.0 Å². The first-order valence-electron chi connectivity index (χ1n) is 10.9. The number of nitrogens with one attached hydrogen (secondary N) is 2. The summed E-state index contributed by atoms with van der Waals surface area (Å²) in [6.07, 6.45) is 4.64. The number of fused-ring (bicyclic) bond motifs is 1. The normalized spacial score (nSPS) is 15.8. The molecule has 1 heterocycles. The molecule has 1 amide bonds. The zero-order chi connectivity index (χ0) is 22.3. The Morgan fingerprint density at radius 1 is 1.07 bits per heavy atom. The Morgan fingerprint density at radius 2 is 1.73 bits per heavy atom. The predicted molar refractivity (Wildman–Crippen MR) is 122 cm³/mol. The van der Waals surface area contributed by atoms with Gasteiger partial charge in [0.1, 0.15) is 6.04 Å². The number of ether oxygens (including phenoxy) is 1. The van der Waals surface area contributed by atoms with Crippen molar-refractivity contribution in [3.63, 3.8) is 0 Å². The van der Waals surface area contributed by atoms with Crippen molar-refractivity contribution < 1.29 is 14.3 Å². The number of hydrogen-bond acceptors (Lipinski definition) is 3. The Labute approximate surface area is 180 Å². The van der Waals surface area contributed by atoms with Crippen molar-refractivity contribution in [2.75, 3.05) is 6.61 Å². The van der Waals surface area contributed by atoms with Gasteiger partial charge in [-0.3, -0.25) is 4.79 Å². The van der Waals surface area contributed by atoms with Crippen LogP contribution in [0.25, 0.3) is 10.9 Å². The van der Waals surface area contributed by atoms with Crippen molar-refractivity contribution in [1.29, 1.82) is 0 Å². The molecule has 0 radical (unpaired) electrons. The number of esters is 1. The molecule has 30 heavy (non-hydrogen) atoms. The average molecular weight is 413 g/mol. The number of rotatable bonds is 10. The lowest BCUT2D eigenvalue weighted by Crippen LogP contribution is -2.46. The van der Waals surface area contributed by atoms with E-state index in [-0.39, 0.29) is 24.3 Å². The van der Waals surface area contributed by atoms with E-state index in [1.165, 1.54) is 0 Å². The van der Waals surface area contributed by atoms with Crippen LogP contribution in [0.4, 0.5) is 0 Å². The van der Waals surface area contributed by atoms with Crippen molar-refractivity contribution >= 4 is 22.8 Å². The van der Waals surface area contributed by atoms with Gasteiger partial charge in [-0.1, -0.05) is 65.0 Å². The largest absolute Gasteiger partial charge is 0.464 e. The number of aromatic amines is 1. The maximum absolute atomic E-state index is 12.9. The van der Waals surface area contributed by atoms with Crippen LogP contribution in [0.15, 0.2) is 42.5 Å². The van der Waals surface area contributed by atoms with Crippen LogP contribution < -0.4 is 5.32 Å². The van der Waals surface area contributed by atoms with Gasteiger partial charge >= 0.3 is 5.97 Å². The van der Waals surface area contributed by atoms with Crippen LogP contribution in [0.3, 0.4) is 0 Å². The molecule has 164 valence electrons. The van der Waals surface area contributed by atoms with Crippen molar-refractivity contribution in [3.8, 4) is 0 Å². The minimum Gasteiger partial charge on any atom is -0.464 e. The number of benzene rings is 1. The molecular formula is C25H36N2O3. The fourth-order valence-electron chi connectivity index (χ4n) is 3.18. The van der Waals surface area contributed by atoms with Crippen LogP contribution in [-0.4, -0.2) is 29.5 Å². The number of amides is 1. The van der Waals surface area contributed by atoms with Gasteiger partial charge < -0.3 is 15.0 Å². The van der Waals surface area contributed by atoms with Gasteiger partial charge in [0.15, 0.2) is 0 Å². The Kier molecular flexibility index (Phi) is 8.70. The second-order valence-electron chi connectivity index (χ2n) is 8.53. The molecule has 2 N–H and O–H groups in total. The van der Waals surface area contributed by atoms with Crippen molar-refractivity contribution in [1.82, 2.24) is 10.3 Å². The molecule has 0 aliphatic carbocycles. The maximum atomic E-state index is 12.9. The van der Waals surface area contributed by atoms with Crippen LogP contribution in [0, 0.1) is 23.7 Å². The molecule has 1 aromatic heterocycles. The van der Waals surface area contributed by atoms with E-state index < -0.39 is 12.0 Å². The van der Waals surface area contributed by atoms with Crippen LogP contribution >= 0.6 is 0 Å². The molecule has 0 spiro atoms. The Hall–Kier alpha value is -2.56. The fraction of sp³-hybridized carbons (Fsp3) is 0.520. The number of aromatic nitrogens is 1. The summed E-state index contributed by atoms with van der Waals surface area (Å²) >= 11 is 0. The number of para-hydroxylation sites is 1. The van der Waals surface area contributed by atoms with Gasteiger partial charge in [0.2, 0.25) is 5.91 Å². The fourth-order valence-corrected chi connectivity index (χ4v) is 3.18. The van der Waals surface area contributed by atoms with E-state index in [4.69, 9.17) is 4.74 Å². The van der Waals surface area contributed by atoms with E-state index in [0.29, 0.717) is 18.3 Å². The Morgan fingerprint density at radius 3 is 2.37 bits per heavy atom. The van der Waals surface area contributed by atoms with E-state index in [1.54, 1.807) is 6.92 Å². The molecule has 0 saturated carbocycles. The molecule has 2 aromatic rings. The van der Waals surface area contributed by atoms with Gasteiger partial charge in [-0.25, -0.2) is 4.79 Å². The van der Waals surface area contributed by atoms with E-state index in [9.17, 15) is 9.59 Å². The zero-order valence-electron chi connectivity index (χ0n) is 19.1. The third kappa shape index (κ3) is 6.48. The smallest absolute Gasteiger partial charge is 0.329 e. The van der Waals surface area contributed by atoms with Crippen LogP contribution in [0.2, 0.25) is 0 Å². The highest BCUT2D eigenvalue weighted by atomic mass is 16.5.